The highest BCUT2D eigenvalue weighted by Crippen LogP contribution is 2.33. The van der Waals surface area contributed by atoms with Crippen LogP contribution >= 0.6 is 0 Å². The van der Waals surface area contributed by atoms with Gasteiger partial charge in [0.1, 0.15) is 5.75 Å². The number of alkyl halides is 3. The summed E-state index contributed by atoms with van der Waals surface area (Å²) < 4.78 is 43.7. The van der Waals surface area contributed by atoms with E-state index in [1.165, 1.54) is 12.1 Å². The van der Waals surface area contributed by atoms with Crippen LogP contribution in [0.25, 0.3) is 0 Å². The highest BCUT2D eigenvalue weighted by atomic mass is 19.4. The summed E-state index contributed by atoms with van der Waals surface area (Å²) in [6.45, 7) is 0.194. The number of benzene rings is 2. The van der Waals surface area contributed by atoms with E-state index in [4.69, 9.17) is 4.74 Å². The third-order valence-corrected chi connectivity index (χ3v) is 6.02. The quantitative estimate of drug-likeness (QED) is 0.612. The number of carbonyl (C=O) groups excluding carboxylic acids is 2. The molecule has 6 nitrogen and oxygen atoms in total. The first-order valence-electron chi connectivity index (χ1n) is 10.7. The predicted octanol–water partition coefficient (Wildman–Crippen LogP) is 4.33. The number of amides is 2. The molecule has 3 rings (SSSR count). The van der Waals surface area contributed by atoms with Crippen LogP contribution in [-0.4, -0.2) is 49.5 Å². The molecule has 1 aliphatic carbocycles. The van der Waals surface area contributed by atoms with Crippen molar-refractivity contribution >= 4 is 17.5 Å². The summed E-state index contributed by atoms with van der Waals surface area (Å²) in [6, 6.07) is 10.7. The molecule has 0 aromatic heterocycles. The summed E-state index contributed by atoms with van der Waals surface area (Å²) >= 11 is 0. The van der Waals surface area contributed by atoms with Crippen LogP contribution in [0.15, 0.2) is 48.5 Å². The number of ether oxygens (including phenoxy) is 1. The third-order valence-electron chi connectivity index (χ3n) is 6.02. The number of anilines is 1. The monoisotopic (exact) mass is 463 g/mol. The molecule has 178 valence electrons. The van der Waals surface area contributed by atoms with Gasteiger partial charge in [-0.2, -0.15) is 13.2 Å². The fraction of sp³-hybridized carbons (Fsp3) is 0.417. The summed E-state index contributed by atoms with van der Waals surface area (Å²) in [7, 11) is 4.07. The van der Waals surface area contributed by atoms with E-state index >= 15 is 0 Å². The molecule has 2 amide bonds. The Morgan fingerprint density at radius 2 is 1.73 bits per heavy atom. The Kier molecular flexibility index (Phi) is 7.63. The van der Waals surface area contributed by atoms with Gasteiger partial charge in [0.05, 0.1) is 5.56 Å². The predicted molar refractivity (Wildman–Crippen MR) is 119 cm³/mol. The molecule has 0 heterocycles. The van der Waals surface area contributed by atoms with Crippen molar-refractivity contribution in [3.05, 3.63) is 59.7 Å². The maximum Gasteiger partial charge on any atom is 0.416 e. The van der Waals surface area contributed by atoms with E-state index in [9.17, 15) is 22.8 Å². The highest BCUT2D eigenvalue weighted by molar-refractivity contribution is 5.94. The molecule has 0 unspecified atom stereocenters. The number of rotatable bonds is 8. The summed E-state index contributed by atoms with van der Waals surface area (Å²) in [6.07, 6.45) is -0.0798. The van der Waals surface area contributed by atoms with Gasteiger partial charge in [-0.15, -0.1) is 0 Å². The average molecular weight is 464 g/mol. The van der Waals surface area contributed by atoms with Gasteiger partial charge in [-0.25, -0.2) is 0 Å². The average Bonchev–Trinajstić information content (AvgIpc) is 3.26. The second-order valence-electron chi connectivity index (χ2n) is 8.45. The lowest BCUT2D eigenvalue weighted by Gasteiger charge is -2.36. The molecule has 1 aliphatic rings. The minimum atomic E-state index is -4.49. The number of hydrogen-bond acceptors (Lipinski definition) is 4. The largest absolute Gasteiger partial charge is 0.484 e. The molecule has 2 aromatic carbocycles. The summed E-state index contributed by atoms with van der Waals surface area (Å²) in [4.78, 5) is 26.7. The molecular weight excluding hydrogens is 435 g/mol. The van der Waals surface area contributed by atoms with Crippen LogP contribution in [0.1, 0.15) is 41.6 Å². The minimum Gasteiger partial charge on any atom is -0.484 e. The van der Waals surface area contributed by atoms with Crippen molar-refractivity contribution in [2.45, 2.75) is 37.4 Å². The van der Waals surface area contributed by atoms with Crippen LogP contribution in [0, 0.1) is 0 Å². The molecule has 1 saturated carbocycles. The zero-order valence-electron chi connectivity index (χ0n) is 18.7. The molecule has 0 aliphatic heterocycles. The van der Waals surface area contributed by atoms with Crippen molar-refractivity contribution in [3.8, 4) is 5.75 Å². The number of carbonyl (C=O) groups is 2. The van der Waals surface area contributed by atoms with Crippen LogP contribution in [0.3, 0.4) is 0 Å². The number of nitrogens with one attached hydrogen (secondary N) is 2. The van der Waals surface area contributed by atoms with Crippen molar-refractivity contribution in [1.82, 2.24) is 10.2 Å². The first-order valence-corrected chi connectivity index (χ1v) is 10.7. The topological polar surface area (TPSA) is 70.7 Å². The zero-order valence-corrected chi connectivity index (χ0v) is 18.7. The van der Waals surface area contributed by atoms with Gasteiger partial charge in [0.15, 0.2) is 6.61 Å². The van der Waals surface area contributed by atoms with Crippen molar-refractivity contribution in [2.75, 3.05) is 32.6 Å². The Labute approximate surface area is 191 Å². The molecule has 0 atom stereocenters. The van der Waals surface area contributed by atoms with Gasteiger partial charge in [0.2, 0.25) is 0 Å². The van der Waals surface area contributed by atoms with E-state index in [1.54, 1.807) is 24.3 Å². The number of halogens is 3. The van der Waals surface area contributed by atoms with Gasteiger partial charge in [0, 0.05) is 23.3 Å². The van der Waals surface area contributed by atoms with Crippen LogP contribution in [0.4, 0.5) is 18.9 Å². The van der Waals surface area contributed by atoms with Crippen LogP contribution < -0.4 is 15.4 Å². The zero-order chi connectivity index (χ0) is 24.1. The highest BCUT2D eigenvalue weighted by Gasteiger charge is 2.36. The van der Waals surface area contributed by atoms with Crippen molar-refractivity contribution < 1.29 is 27.5 Å². The maximum atomic E-state index is 12.8. The first kappa shape index (κ1) is 24.6. The van der Waals surface area contributed by atoms with Gasteiger partial charge < -0.3 is 20.3 Å². The van der Waals surface area contributed by atoms with Crippen molar-refractivity contribution in [3.63, 3.8) is 0 Å². The minimum absolute atomic E-state index is 0.00824. The van der Waals surface area contributed by atoms with E-state index in [0.717, 1.165) is 37.8 Å². The molecule has 2 aromatic rings. The van der Waals surface area contributed by atoms with E-state index in [-0.39, 0.29) is 23.7 Å². The third kappa shape index (κ3) is 6.47. The summed E-state index contributed by atoms with van der Waals surface area (Å²) in [5, 5.41) is 5.39. The van der Waals surface area contributed by atoms with E-state index in [0.29, 0.717) is 17.9 Å². The molecule has 1 fully saturated rings. The Balaban J connectivity index is 1.49. The summed E-state index contributed by atoms with van der Waals surface area (Å²) in [5.41, 5.74) is -0.350. The molecule has 0 saturated heterocycles. The SMILES string of the molecule is CN(C)C1(CNC(=O)c2ccc(OCC(=O)Nc3cccc(C(F)(F)F)c3)cc2)CCCC1. The Morgan fingerprint density at radius 3 is 2.33 bits per heavy atom. The fourth-order valence-electron chi connectivity index (χ4n) is 3.98. The van der Waals surface area contributed by atoms with E-state index in [2.05, 4.69) is 15.5 Å². The second-order valence-corrected chi connectivity index (χ2v) is 8.45. The molecule has 9 heteroatoms. The second kappa shape index (κ2) is 10.2. The normalized spacial score (nSPS) is 15.3. The van der Waals surface area contributed by atoms with E-state index in [1.807, 2.05) is 14.1 Å². The lowest BCUT2D eigenvalue weighted by atomic mass is 9.96. The standard InChI is InChI=1S/C24H28F3N3O3/c1-30(2)23(12-3-4-13-23)16-28-22(32)17-8-10-20(11-9-17)33-15-21(31)29-19-7-5-6-18(14-19)24(25,26)27/h5-11,14H,3-4,12-13,15-16H2,1-2H3,(H,28,32)(H,29,31). The van der Waals surface area contributed by atoms with E-state index < -0.39 is 17.6 Å². The Hall–Kier alpha value is -3.07. The van der Waals surface area contributed by atoms with Gasteiger partial charge in [0.25, 0.3) is 11.8 Å². The Bertz CT molecular complexity index is 969. The Morgan fingerprint density at radius 1 is 1.06 bits per heavy atom. The molecule has 33 heavy (non-hydrogen) atoms. The van der Waals surface area contributed by atoms with Crippen molar-refractivity contribution in [2.24, 2.45) is 0 Å². The van der Waals surface area contributed by atoms with Crippen LogP contribution in [0.5, 0.6) is 5.75 Å². The van der Waals surface area contributed by atoms with Gasteiger partial charge in [-0.3, -0.25) is 9.59 Å². The first-order chi connectivity index (χ1) is 15.6. The fourth-order valence-corrected chi connectivity index (χ4v) is 3.98. The number of hydrogen-bond donors (Lipinski definition) is 2. The molecular formula is C24H28F3N3O3. The van der Waals surface area contributed by atoms with Crippen LogP contribution in [0.2, 0.25) is 0 Å². The maximum absolute atomic E-state index is 12.8. The molecule has 0 radical (unpaired) electrons. The lowest BCUT2D eigenvalue weighted by Crippen LogP contribution is -2.50. The molecule has 2 N–H and O–H groups in total. The molecule has 0 bridgehead atoms. The lowest BCUT2D eigenvalue weighted by molar-refractivity contribution is -0.137. The van der Waals surface area contributed by atoms with Crippen molar-refractivity contribution in [1.29, 1.82) is 0 Å². The van der Waals surface area contributed by atoms with Gasteiger partial charge >= 0.3 is 6.18 Å². The summed E-state index contributed by atoms with van der Waals surface area (Å²) in [5.74, 6) is -0.412. The number of likely N-dealkylation sites (N-methyl/N-ethyl adjacent to an activating group) is 1. The van der Waals surface area contributed by atoms with Gasteiger partial charge in [-0.1, -0.05) is 18.9 Å². The smallest absolute Gasteiger partial charge is 0.416 e. The molecule has 0 spiro atoms. The van der Waals surface area contributed by atoms with Gasteiger partial charge in [-0.05, 0) is 69.4 Å². The number of nitrogens with zero attached hydrogens (tertiary/aromatic N) is 1. The van der Waals surface area contributed by atoms with Crippen LogP contribution in [-0.2, 0) is 11.0 Å².